The SMILES string of the molecule is Cl.NC(=O)N1c2ccccc2CC(=O)c2ccccc21.NCC1(CC(=O)O)CCCCC1. The van der Waals surface area contributed by atoms with Crippen LogP contribution in [0.15, 0.2) is 48.5 Å². The van der Waals surface area contributed by atoms with Crippen LogP contribution in [0.5, 0.6) is 0 Å². The Labute approximate surface area is 194 Å². The molecule has 0 radical (unpaired) electrons. The molecule has 2 amide bonds. The van der Waals surface area contributed by atoms with Crippen LogP contribution in [0.1, 0.15) is 54.4 Å². The summed E-state index contributed by atoms with van der Waals surface area (Å²) < 4.78 is 0. The topological polar surface area (TPSA) is 127 Å². The number of carbonyl (C=O) groups excluding carboxylic acids is 2. The van der Waals surface area contributed by atoms with Gasteiger partial charge >= 0.3 is 12.0 Å². The third-order valence-electron chi connectivity index (χ3n) is 6.12. The summed E-state index contributed by atoms with van der Waals surface area (Å²) in [6, 6.07) is 13.8. The van der Waals surface area contributed by atoms with Crippen LogP contribution in [-0.4, -0.2) is 29.4 Å². The van der Waals surface area contributed by atoms with E-state index in [2.05, 4.69) is 0 Å². The first-order valence-electron chi connectivity index (χ1n) is 10.6. The van der Waals surface area contributed by atoms with Crippen molar-refractivity contribution in [2.24, 2.45) is 16.9 Å². The van der Waals surface area contributed by atoms with Crippen LogP contribution in [0.4, 0.5) is 16.2 Å². The van der Waals surface area contributed by atoms with Crippen LogP contribution in [-0.2, 0) is 11.2 Å². The monoisotopic (exact) mass is 459 g/mol. The van der Waals surface area contributed by atoms with Crippen LogP contribution in [0.3, 0.4) is 0 Å². The Hall–Kier alpha value is -2.90. The Morgan fingerprint density at radius 1 is 0.969 bits per heavy atom. The van der Waals surface area contributed by atoms with Crippen molar-refractivity contribution in [3.8, 4) is 0 Å². The number of halogens is 1. The van der Waals surface area contributed by atoms with Crippen LogP contribution in [0, 0.1) is 5.41 Å². The van der Waals surface area contributed by atoms with Gasteiger partial charge in [0.15, 0.2) is 5.78 Å². The second kappa shape index (κ2) is 11.1. The van der Waals surface area contributed by atoms with Crippen molar-refractivity contribution in [3.05, 3.63) is 59.7 Å². The van der Waals surface area contributed by atoms with E-state index in [9.17, 15) is 14.4 Å². The van der Waals surface area contributed by atoms with Gasteiger partial charge in [-0.1, -0.05) is 49.6 Å². The maximum atomic E-state index is 12.3. The van der Waals surface area contributed by atoms with E-state index in [0.29, 0.717) is 23.5 Å². The summed E-state index contributed by atoms with van der Waals surface area (Å²) in [6.45, 7) is 0.527. The number of aliphatic carboxylic acids is 1. The Kier molecular flexibility index (Phi) is 8.80. The molecular formula is C24H30ClN3O4. The number of nitrogens with two attached hydrogens (primary N) is 2. The van der Waals surface area contributed by atoms with Crippen molar-refractivity contribution in [2.45, 2.75) is 44.9 Å². The molecule has 0 spiro atoms. The highest BCUT2D eigenvalue weighted by Crippen LogP contribution is 2.38. The fraction of sp³-hybridized carbons (Fsp3) is 0.375. The largest absolute Gasteiger partial charge is 0.481 e. The molecule has 0 bridgehead atoms. The summed E-state index contributed by atoms with van der Waals surface area (Å²) in [5.41, 5.74) is 13.6. The van der Waals surface area contributed by atoms with Gasteiger partial charge in [0, 0.05) is 12.0 Å². The number of Topliss-reactive ketones (excluding diaryl/α,β-unsaturated/α-hetero) is 1. The van der Waals surface area contributed by atoms with E-state index in [1.54, 1.807) is 30.3 Å². The molecule has 1 saturated carbocycles. The van der Waals surface area contributed by atoms with Gasteiger partial charge in [0.1, 0.15) is 0 Å². The molecular weight excluding hydrogens is 430 g/mol. The number of para-hydroxylation sites is 2. The Bertz CT molecular complexity index is 973. The van der Waals surface area contributed by atoms with Gasteiger partial charge in [-0.25, -0.2) is 4.79 Å². The average Bonchev–Trinajstić information content (AvgIpc) is 2.88. The van der Waals surface area contributed by atoms with E-state index >= 15 is 0 Å². The highest BCUT2D eigenvalue weighted by molar-refractivity contribution is 6.11. The predicted octanol–water partition coefficient (Wildman–Crippen LogP) is 4.43. The van der Waals surface area contributed by atoms with Gasteiger partial charge in [0.2, 0.25) is 0 Å². The highest BCUT2D eigenvalue weighted by Gasteiger charge is 2.32. The second-order valence-corrected chi connectivity index (χ2v) is 8.25. The van der Waals surface area contributed by atoms with E-state index in [4.69, 9.17) is 16.6 Å². The number of nitrogens with zero attached hydrogens (tertiary/aromatic N) is 1. The normalized spacial score (nSPS) is 16.3. The number of hydrogen-bond donors (Lipinski definition) is 3. The van der Waals surface area contributed by atoms with Gasteiger partial charge in [0.25, 0.3) is 0 Å². The van der Waals surface area contributed by atoms with E-state index in [1.807, 2.05) is 18.2 Å². The van der Waals surface area contributed by atoms with Crippen LogP contribution in [0.2, 0.25) is 0 Å². The van der Waals surface area contributed by atoms with Gasteiger partial charge in [-0.2, -0.15) is 0 Å². The van der Waals surface area contributed by atoms with Gasteiger partial charge < -0.3 is 16.6 Å². The molecule has 2 aromatic rings. The van der Waals surface area contributed by atoms with E-state index < -0.39 is 12.0 Å². The van der Waals surface area contributed by atoms with Gasteiger partial charge in [-0.3, -0.25) is 14.5 Å². The highest BCUT2D eigenvalue weighted by atomic mass is 35.5. The lowest BCUT2D eigenvalue weighted by atomic mass is 9.72. The number of carboxylic acids is 1. The molecule has 2 aliphatic rings. The minimum atomic E-state index is -0.706. The standard InChI is InChI=1S/C15H12N2O2.C9H17NO2.ClH/c16-15(19)17-12-7-3-1-5-10(12)9-14(18)11-6-2-4-8-13(11)17;10-7-9(6-8(11)12)4-2-1-3-5-9;/h1-8H,9H2,(H2,16,19);1-7,10H2,(H,11,12);1H. The molecule has 0 aromatic heterocycles. The number of carboxylic acid groups (broad SMARTS) is 1. The molecule has 4 rings (SSSR count). The zero-order chi connectivity index (χ0) is 22.4. The second-order valence-electron chi connectivity index (χ2n) is 8.25. The molecule has 2 aromatic carbocycles. The maximum Gasteiger partial charge on any atom is 0.323 e. The summed E-state index contributed by atoms with van der Waals surface area (Å²) >= 11 is 0. The summed E-state index contributed by atoms with van der Waals surface area (Å²) in [4.78, 5) is 36.0. The Morgan fingerprint density at radius 2 is 1.56 bits per heavy atom. The van der Waals surface area contributed by atoms with Crippen LogP contribution in [0.25, 0.3) is 0 Å². The number of hydrogen-bond acceptors (Lipinski definition) is 4. The number of benzene rings is 2. The average molecular weight is 460 g/mol. The predicted molar refractivity (Wildman–Crippen MR) is 127 cm³/mol. The minimum Gasteiger partial charge on any atom is -0.481 e. The lowest BCUT2D eigenvalue weighted by Gasteiger charge is -2.34. The van der Waals surface area contributed by atoms with Crippen molar-refractivity contribution in [2.75, 3.05) is 11.4 Å². The van der Waals surface area contributed by atoms with Crippen LogP contribution >= 0.6 is 12.4 Å². The number of anilines is 2. The molecule has 0 atom stereocenters. The fourth-order valence-corrected chi connectivity index (χ4v) is 4.49. The first-order chi connectivity index (χ1) is 14.9. The lowest BCUT2D eigenvalue weighted by molar-refractivity contribution is -0.140. The first-order valence-corrected chi connectivity index (χ1v) is 10.6. The number of amides is 2. The number of fused-ring (bicyclic) bond motifs is 2. The fourth-order valence-electron chi connectivity index (χ4n) is 4.49. The summed E-state index contributed by atoms with van der Waals surface area (Å²) in [6.07, 6.45) is 6.04. The number of primary amides is 1. The number of urea groups is 1. The molecule has 7 nitrogen and oxygen atoms in total. The zero-order valence-corrected chi connectivity index (χ0v) is 18.8. The number of rotatable bonds is 3. The van der Waals surface area contributed by atoms with Crippen molar-refractivity contribution in [1.29, 1.82) is 0 Å². The molecule has 5 N–H and O–H groups in total. The van der Waals surface area contributed by atoms with Gasteiger partial charge in [-0.05, 0) is 48.6 Å². The van der Waals surface area contributed by atoms with Crippen molar-refractivity contribution >= 4 is 41.6 Å². The third-order valence-corrected chi connectivity index (χ3v) is 6.12. The zero-order valence-electron chi connectivity index (χ0n) is 18.0. The third kappa shape index (κ3) is 5.66. The summed E-state index contributed by atoms with van der Waals surface area (Å²) in [7, 11) is 0. The van der Waals surface area contributed by atoms with Gasteiger partial charge in [-0.15, -0.1) is 12.4 Å². The molecule has 8 heteroatoms. The minimum absolute atomic E-state index is 0. The quantitative estimate of drug-likeness (QED) is 0.625. The molecule has 0 saturated heterocycles. The van der Waals surface area contributed by atoms with E-state index in [1.165, 1.54) is 11.3 Å². The Morgan fingerprint density at radius 3 is 2.16 bits per heavy atom. The molecule has 172 valence electrons. The van der Waals surface area contributed by atoms with Crippen molar-refractivity contribution in [1.82, 2.24) is 0 Å². The maximum absolute atomic E-state index is 12.3. The van der Waals surface area contributed by atoms with E-state index in [-0.39, 0.29) is 36.4 Å². The lowest BCUT2D eigenvalue weighted by Crippen LogP contribution is -2.34. The van der Waals surface area contributed by atoms with Gasteiger partial charge in [0.05, 0.1) is 17.8 Å². The first kappa shape index (κ1) is 25.4. The molecule has 0 unspecified atom stereocenters. The number of ketones is 1. The van der Waals surface area contributed by atoms with Crippen LogP contribution < -0.4 is 16.4 Å². The molecule has 32 heavy (non-hydrogen) atoms. The van der Waals surface area contributed by atoms with Crippen molar-refractivity contribution < 1.29 is 19.5 Å². The molecule has 1 fully saturated rings. The smallest absolute Gasteiger partial charge is 0.323 e. The molecule has 1 aliphatic heterocycles. The Balaban J connectivity index is 0.000000244. The molecule has 1 aliphatic carbocycles. The van der Waals surface area contributed by atoms with Crippen molar-refractivity contribution in [3.63, 3.8) is 0 Å². The summed E-state index contributed by atoms with van der Waals surface area (Å²) in [5.74, 6) is -0.714. The molecule has 1 heterocycles. The number of carbonyl (C=O) groups is 3. The summed E-state index contributed by atoms with van der Waals surface area (Å²) in [5, 5.41) is 8.71. The van der Waals surface area contributed by atoms with E-state index in [0.717, 1.165) is 31.2 Å².